The van der Waals surface area contributed by atoms with Gasteiger partial charge in [-0.3, -0.25) is 0 Å². The summed E-state index contributed by atoms with van der Waals surface area (Å²) < 4.78 is 14.7. The standard InChI is InChI=1S/C15H15BrFN3/c1-18-15-13(16)14(9-6-7-9)19-12(20-15)8-10-4-2-3-5-11(10)17/h2-5,9H,6-8H2,1H3,(H,18,19,20). The summed E-state index contributed by atoms with van der Waals surface area (Å²) in [6.45, 7) is 0. The number of nitrogens with one attached hydrogen (secondary N) is 1. The molecule has 1 saturated carbocycles. The fraction of sp³-hybridized carbons (Fsp3) is 0.333. The molecule has 1 aromatic heterocycles. The lowest BCUT2D eigenvalue weighted by molar-refractivity contribution is 0.612. The Hall–Kier alpha value is -1.49. The van der Waals surface area contributed by atoms with Crippen LogP contribution in [0, 0.1) is 5.82 Å². The van der Waals surface area contributed by atoms with Gasteiger partial charge < -0.3 is 5.32 Å². The van der Waals surface area contributed by atoms with Crippen molar-refractivity contribution in [3.8, 4) is 0 Å². The molecule has 1 aliphatic rings. The van der Waals surface area contributed by atoms with E-state index in [1.807, 2.05) is 13.1 Å². The second-order valence-electron chi connectivity index (χ2n) is 4.98. The fourth-order valence-electron chi connectivity index (χ4n) is 2.20. The van der Waals surface area contributed by atoms with Gasteiger partial charge in [0.15, 0.2) is 0 Å². The van der Waals surface area contributed by atoms with Crippen molar-refractivity contribution in [2.45, 2.75) is 25.2 Å². The third kappa shape index (κ3) is 2.68. The molecule has 0 radical (unpaired) electrons. The Morgan fingerprint density at radius 3 is 2.70 bits per heavy atom. The van der Waals surface area contributed by atoms with E-state index >= 15 is 0 Å². The molecule has 1 fully saturated rings. The average molecular weight is 336 g/mol. The van der Waals surface area contributed by atoms with Crippen LogP contribution in [0.1, 0.15) is 35.8 Å². The maximum absolute atomic E-state index is 13.7. The smallest absolute Gasteiger partial charge is 0.144 e. The van der Waals surface area contributed by atoms with Crippen molar-refractivity contribution in [3.05, 3.63) is 51.6 Å². The zero-order valence-corrected chi connectivity index (χ0v) is 12.7. The molecule has 0 unspecified atom stereocenters. The number of nitrogens with zero attached hydrogens (tertiary/aromatic N) is 2. The van der Waals surface area contributed by atoms with E-state index in [0.717, 1.165) is 28.8 Å². The molecule has 1 N–H and O–H groups in total. The van der Waals surface area contributed by atoms with Gasteiger partial charge in [0.25, 0.3) is 0 Å². The summed E-state index contributed by atoms with van der Waals surface area (Å²) in [6.07, 6.45) is 2.74. The maximum atomic E-state index is 13.7. The van der Waals surface area contributed by atoms with E-state index in [0.29, 0.717) is 23.7 Å². The molecule has 0 bridgehead atoms. The molecule has 0 saturated heterocycles. The summed E-state index contributed by atoms with van der Waals surface area (Å²) in [5.74, 6) is 1.73. The minimum Gasteiger partial charge on any atom is -0.372 e. The van der Waals surface area contributed by atoms with Gasteiger partial charge in [-0.05, 0) is 40.4 Å². The molecule has 3 rings (SSSR count). The highest BCUT2D eigenvalue weighted by Crippen LogP contribution is 2.43. The summed E-state index contributed by atoms with van der Waals surface area (Å²) in [5.41, 5.74) is 1.66. The molecular weight excluding hydrogens is 321 g/mol. The number of anilines is 1. The average Bonchev–Trinajstić information content (AvgIpc) is 3.27. The highest BCUT2D eigenvalue weighted by Gasteiger charge is 2.29. The molecule has 0 spiro atoms. The van der Waals surface area contributed by atoms with Crippen molar-refractivity contribution in [1.82, 2.24) is 9.97 Å². The number of benzene rings is 1. The van der Waals surface area contributed by atoms with E-state index in [9.17, 15) is 4.39 Å². The van der Waals surface area contributed by atoms with Crippen LogP contribution in [0.4, 0.5) is 10.2 Å². The van der Waals surface area contributed by atoms with E-state index in [1.54, 1.807) is 12.1 Å². The van der Waals surface area contributed by atoms with E-state index in [4.69, 9.17) is 0 Å². The molecule has 20 heavy (non-hydrogen) atoms. The van der Waals surface area contributed by atoms with Gasteiger partial charge in [0.1, 0.15) is 17.5 Å². The summed E-state index contributed by atoms with van der Waals surface area (Å²) in [6, 6.07) is 6.76. The number of hydrogen-bond acceptors (Lipinski definition) is 3. The van der Waals surface area contributed by atoms with Crippen LogP contribution in [0.25, 0.3) is 0 Å². The Morgan fingerprint density at radius 2 is 2.05 bits per heavy atom. The number of aromatic nitrogens is 2. The summed E-state index contributed by atoms with van der Waals surface area (Å²) in [4.78, 5) is 9.08. The lowest BCUT2D eigenvalue weighted by Gasteiger charge is -2.11. The molecule has 1 aromatic carbocycles. The van der Waals surface area contributed by atoms with Gasteiger partial charge in [-0.1, -0.05) is 18.2 Å². The monoisotopic (exact) mass is 335 g/mol. The third-order valence-electron chi connectivity index (χ3n) is 3.43. The van der Waals surface area contributed by atoms with Crippen LogP contribution in [-0.2, 0) is 6.42 Å². The number of halogens is 2. The first-order valence-corrected chi connectivity index (χ1v) is 7.46. The van der Waals surface area contributed by atoms with E-state index in [2.05, 4.69) is 31.2 Å². The third-order valence-corrected chi connectivity index (χ3v) is 4.21. The summed E-state index contributed by atoms with van der Waals surface area (Å²) in [5, 5.41) is 3.07. The second-order valence-corrected chi connectivity index (χ2v) is 5.77. The van der Waals surface area contributed by atoms with Gasteiger partial charge in [-0.2, -0.15) is 0 Å². The SMILES string of the molecule is CNc1nc(Cc2ccccc2F)nc(C2CC2)c1Br. The Labute approximate surface area is 125 Å². The lowest BCUT2D eigenvalue weighted by Crippen LogP contribution is -2.06. The predicted octanol–water partition coefficient (Wildman–Crippen LogP) is 3.89. The lowest BCUT2D eigenvalue weighted by atomic mass is 10.1. The molecule has 0 aliphatic heterocycles. The van der Waals surface area contributed by atoms with Gasteiger partial charge >= 0.3 is 0 Å². The van der Waals surface area contributed by atoms with Gasteiger partial charge in [-0.15, -0.1) is 0 Å². The maximum Gasteiger partial charge on any atom is 0.144 e. The highest BCUT2D eigenvalue weighted by molar-refractivity contribution is 9.10. The van der Waals surface area contributed by atoms with Crippen molar-refractivity contribution in [3.63, 3.8) is 0 Å². The minimum absolute atomic E-state index is 0.210. The van der Waals surface area contributed by atoms with Crippen LogP contribution >= 0.6 is 15.9 Å². The van der Waals surface area contributed by atoms with E-state index in [1.165, 1.54) is 6.07 Å². The van der Waals surface area contributed by atoms with Gasteiger partial charge in [0, 0.05) is 19.4 Å². The first-order chi connectivity index (χ1) is 9.69. The zero-order chi connectivity index (χ0) is 14.1. The molecule has 2 aromatic rings. The second kappa shape index (κ2) is 5.48. The van der Waals surface area contributed by atoms with Crippen LogP contribution in [0.15, 0.2) is 28.7 Å². The Bertz CT molecular complexity index is 641. The van der Waals surface area contributed by atoms with E-state index < -0.39 is 0 Å². The summed E-state index contributed by atoms with van der Waals surface area (Å²) in [7, 11) is 1.83. The van der Waals surface area contributed by atoms with Crippen LogP contribution in [0.5, 0.6) is 0 Å². The molecular formula is C15H15BrFN3. The molecule has 0 amide bonds. The molecule has 104 valence electrons. The minimum atomic E-state index is -0.210. The van der Waals surface area contributed by atoms with Crippen molar-refractivity contribution in [1.29, 1.82) is 0 Å². The number of rotatable bonds is 4. The topological polar surface area (TPSA) is 37.8 Å². The van der Waals surface area contributed by atoms with Crippen LogP contribution in [0.3, 0.4) is 0 Å². The summed E-state index contributed by atoms with van der Waals surface area (Å²) >= 11 is 3.55. The molecule has 1 heterocycles. The van der Waals surface area contributed by atoms with Crippen LogP contribution < -0.4 is 5.32 Å². The molecule has 0 atom stereocenters. The first kappa shape index (κ1) is 13.5. The zero-order valence-electron chi connectivity index (χ0n) is 11.2. The Kier molecular flexibility index (Phi) is 3.70. The first-order valence-electron chi connectivity index (χ1n) is 6.66. The van der Waals surface area contributed by atoms with Crippen molar-refractivity contribution >= 4 is 21.7 Å². The molecule has 5 heteroatoms. The number of hydrogen-bond donors (Lipinski definition) is 1. The molecule has 3 nitrogen and oxygen atoms in total. The van der Waals surface area contributed by atoms with Gasteiger partial charge in [0.05, 0.1) is 10.2 Å². The fourth-order valence-corrected chi connectivity index (χ4v) is 2.90. The van der Waals surface area contributed by atoms with Gasteiger partial charge in [0.2, 0.25) is 0 Å². The predicted molar refractivity (Wildman–Crippen MR) is 80.5 cm³/mol. The highest BCUT2D eigenvalue weighted by atomic mass is 79.9. The largest absolute Gasteiger partial charge is 0.372 e. The van der Waals surface area contributed by atoms with Crippen molar-refractivity contribution in [2.75, 3.05) is 12.4 Å². The Morgan fingerprint density at radius 1 is 1.30 bits per heavy atom. The van der Waals surface area contributed by atoms with Crippen molar-refractivity contribution in [2.24, 2.45) is 0 Å². The normalized spacial score (nSPS) is 14.3. The van der Waals surface area contributed by atoms with Gasteiger partial charge in [-0.25, -0.2) is 14.4 Å². The molecule has 1 aliphatic carbocycles. The van der Waals surface area contributed by atoms with Crippen LogP contribution in [-0.4, -0.2) is 17.0 Å². The quantitative estimate of drug-likeness (QED) is 0.921. The van der Waals surface area contributed by atoms with Crippen LogP contribution in [0.2, 0.25) is 0 Å². The van der Waals surface area contributed by atoms with Crippen molar-refractivity contribution < 1.29 is 4.39 Å². The Balaban J connectivity index is 1.97. The van der Waals surface area contributed by atoms with E-state index in [-0.39, 0.29) is 5.82 Å².